The predicted octanol–water partition coefficient (Wildman–Crippen LogP) is 2.74. The molecule has 4 nitrogen and oxygen atoms in total. The molecule has 2 unspecified atom stereocenters. The van der Waals surface area contributed by atoms with E-state index in [4.69, 9.17) is 4.74 Å². The van der Waals surface area contributed by atoms with Crippen molar-refractivity contribution in [2.24, 2.45) is 0 Å². The molecule has 1 aromatic rings. The second-order valence-corrected chi connectivity index (χ2v) is 6.98. The summed E-state index contributed by atoms with van der Waals surface area (Å²) in [6.07, 6.45) is 5.37. The summed E-state index contributed by atoms with van der Waals surface area (Å²) in [5, 5.41) is 2.74. The summed E-state index contributed by atoms with van der Waals surface area (Å²) < 4.78 is 5.20. The van der Waals surface area contributed by atoms with Gasteiger partial charge in [0, 0.05) is 18.2 Å². The van der Waals surface area contributed by atoms with Gasteiger partial charge in [-0.3, -0.25) is 14.9 Å². The molecule has 0 aromatic heterocycles. The Balaban J connectivity index is 1.64. The van der Waals surface area contributed by atoms with Crippen LogP contribution >= 0.6 is 11.8 Å². The topological polar surface area (TPSA) is 55.4 Å². The van der Waals surface area contributed by atoms with Crippen molar-refractivity contribution in [3.8, 4) is 0 Å². The van der Waals surface area contributed by atoms with Crippen LogP contribution in [0.3, 0.4) is 0 Å². The van der Waals surface area contributed by atoms with Crippen molar-refractivity contribution < 1.29 is 14.3 Å². The Hall–Kier alpha value is -1.59. The van der Waals surface area contributed by atoms with Crippen molar-refractivity contribution in [3.63, 3.8) is 0 Å². The normalized spacial score (nSPS) is 25.3. The van der Waals surface area contributed by atoms with Crippen molar-refractivity contribution in [2.45, 2.75) is 37.0 Å². The zero-order valence-corrected chi connectivity index (χ0v) is 14.0. The monoisotopic (exact) mass is 331 g/mol. The number of carbonyl (C=O) groups is 2. The van der Waals surface area contributed by atoms with Crippen LogP contribution in [-0.2, 0) is 14.3 Å². The molecule has 1 aliphatic carbocycles. The third-order valence-electron chi connectivity index (χ3n) is 4.21. The Morgan fingerprint density at radius 3 is 3.00 bits per heavy atom. The van der Waals surface area contributed by atoms with Crippen LogP contribution < -0.4 is 5.32 Å². The third kappa shape index (κ3) is 3.51. The second kappa shape index (κ2) is 7.32. The van der Waals surface area contributed by atoms with E-state index in [1.54, 1.807) is 0 Å². The van der Waals surface area contributed by atoms with Crippen molar-refractivity contribution in [3.05, 3.63) is 41.5 Å². The number of nitrogens with one attached hydrogen (secondary N) is 1. The Kier molecular flexibility index (Phi) is 5.18. The van der Waals surface area contributed by atoms with Crippen LogP contribution in [0.5, 0.6) is 0 Å². The Labute approximate surface area is 140 Å². The number of rotatable bonds is 6. The average molecular weight is 331 g/mol. The Bertz CT molecular complexity index is 628. The van der Waals surface area contributed by atoms with Gasteiger partial charge in [0.2, 0.25) is 0 Å². The van der Waals surface area contributed by atoms with E-state index in [0.29, 0.717) is 18.9 Å². The van der Waals surface area contributed by atoms with Gasteiger partial charge in [-0.2, -0.15) is 0 Å². The number of ketones is 1. The number of ether oxygens (including phenoxy) is 1. The van der Waals surface area contributed by atoms with E-state index in [1.807, 2.05) is 19.1 Å². The lowest BCUT2D eigenvalue weighted by atomic mass is 9.93. The number of fused-ring (bicyclic) bond motifs is 1. The minimum atomic E-state index is -0.514. The largest absolute Gasteiger partial charge is 0.464 e. The number of thioether (sulfide) groups is 1. The van der Waals surface area contributed by atoms with E-state index >= 15 is 0 Å². The van der Waals surface area contributed by atoms with E-state index in [1.165, 1.54) is 22.9 Å². The number of esters is 1. The van der Waals surface area contributed by atoms with Crippen LogP contribution in [0, 0.1) is 0 Å². The highest BCUT2D eigenvalue weighted by molar-refractivity contribution is 8.00. The molecule has 3 rings (SSSR count). The first kappa shape index (κ1) is 16.3. The van der Waals surface area contributed by atoms with Gasteiger partial charge in [-0.25, -0.2) is 0 Å². The number of carbonyl (C=O) groups excluding carboxylic acids is 2. The molecule has 0 bridgehead atoms. The second-order valence-electron chi connectivity index (χ2n) is 5.85. The first-order valence-electron chi connectivity index (χ1n) is 8.02. The molecule has 23 heavy (non-hydrogen) atoms. The quantitative estimate of drug-likeness (QED) is 0.812. The minimum Gasteiger partial charge on any atom is -0.464 e. The number of hydrogen-bond acceptors (Lipinski definition) is 5. The summed E-state index contributed by atoms with van der Waals surface area (Å²) in [6.45, 7) is 2.36. The first-order valence-corrected chi connectivity index (χ1v) is 9.07. The average Bonchev–Trinajstić information content (AvgIpc) is 3.20. The summed E-state index contributed by atoms with van der Waals surface area (Å²) in [5.41, 5.74) is 2.38. The SMILES string of the molecule is CCCOC(=O)[C@H]1NCSC1C(=O)CC1C=Cc2ccccc21. The van der Waals surface area contributed by atoms with Gasteiger partial charge in [0.15, 0.2) is 0 Å². The summed E-state index contributed by atoms with van der Waals surface area (Å²) in [4.78, 5) is 24.8. The molecule has 122 valence electrons. The molecule has 1 aromatic carbocycles. The van der Waals surface area contributed by atoms with Crippen LogP contribution in [0.15, 0.2) is 30.3 Å². The Morgan fingerprint density at radius 2 is 2.17 bits per heavy atom. The molecule has 0 spiro atoms. The highest BCUT2D eigenvalue weighted by Gasteiger charge is 2.39. The fourth-order valence-electron chi connectivity index (χ4n) is 3.04. The van der Waals surface area contributed by atoms with Crippen molar-refractivity contribution in [1.29, 1.82) is 0 Å². The summed E-state index contributed by atoms with van der Waals surface area (Å²) in [7, 11) is 0. The van der Waals surface area contributed by atoms with E-state index in [-0.39, 0.29) is 22.9 Å². The molecule has 5 heteroatoms. The lowest BCUT2D eigenvalue weighted by Crippen LogP contribution is -2.43. The predicted molar refractivity (Wildman–Crippen MR) is 92.3 cm³/mol. The molecule has 1 saturated heterocycles. The minimum absolute atomic E-state index is 0.116. The smallest absolute Gasteiger partial charge is 0.324 e. The summed E-state index contributed by atoms with van der Waals surface area (Å²) >= 11 is 1.50. The molecule has 0 saturated carbocycles. The van der Waals surface area contributed by atoms with Crippen molar-refractivity contribution >= 4 is 29.6 Å². The molecule has 1 N–H and O–H groups in total. The standard InChI is InChI=1S/C18H21NO3S/c1-2-9-22-18(21)16-17(23-11-19-16)15(20)10-13-8-7-12-5-3-4-6-14(12)13/h3-8,13,16-17,19H,2,9-11H2,1H3/t13?,16-,17?/m0/s1. The molecule has 1 heterocycles. The van der Waals surface area contributed by atoms with Gasteiger partial charge in [0.1, 0.15) is 11.8 Å². The molecule has 3 atom stereocenters. The summed E-state index contributed by atoms with van der Waals surface area (Å²) in [6, 6.07) is 7.62. The number of allylic oxidation sites excluding steroid dienone is 1. The van der Waals surface area contributed by atoms with E-state index in [2.05, 4.69) is 29.6 Å². The van der Waals surface area contributed by atoms with Crippen LogP contribution in [0.4, 0.5) is 0 Å². The number of benzene rings is 1. The maximum Gasteiger partial charge on any atom is 0.324 e. The first-order chi connectivity index (χ1) is 11.2. The molecule has 0 radical (unpaired) electrons. The third-order valence-corrected chi connectivity index (χ3v) is 5.44. The summed E-state index contributed by atoms with van der Waals surface area (Å²) in [5.74, 6) is 0.536. The van der Waals surface area contributed by atoms with Crippen LogP contribution in [0.25, 0.3) is 6.08 Å². The number of hydrogen-bond donors (Lipinski definition) is 1. The molecule has 1 aliphatic heterocycles. The van der Waals surface area contributed by atoms with Gasteiger partial charge < -0.3 is 4.74 Å². The lowest BCUT2D eigenvalue weighted by molar-refractivity contribution is -0.147. The Morgan fingerprint density at radius 1 is 1.35 bits per heavy atom. The molecular formula is C18H21NO3S. The van der Waals surface area contributed by atoms with Crippen molar-refractivity contribution in [1.82, 2.24) is 5.32 Å². The number of Topliss-reactive ketones (excluding diaryl/α,β-unsaturated/α-hetero) is 1. The van der Waals surface area contributed by atoms with Crippen molar-refractivity contribution in [2.75, 3.05) is 12.5 Å². The van der Waals surface area contributed by atoms with E-state index in [9.17, 15) is 9.59 Å². The highest BCUT2D eigenvalue weighted by Crippen LogP contribution is 2.34. The van der Waals surface area contributed by atoms with Gasteiger partial charge in [0.05, 0.1) is 11.9 Å². The van der Waals surface area contributed by atoms with E-state index < -0.39 is 6.04 Å². The zero-order valence-electron chi connectivity index (χ0n) is 13.2. The van der Waals surface area contributed by atoms with Crippen LogP contribution in [-0.4, -0.2) is 35.5 Å². The molecule has 1 fully saturated rings. The molecular weight excluding hydrogens is 310 g/mol. The fourth-order valence-corrected chi connectivity index (χ4v) is 4.18. The van der Waals surface area contributed by atoms with Crippen LogP contribution in [0.2, 0.25) is 0 Å². The zero-order chi connectivity index (χ0) is 16.2. The maximum absolute atomic E-state index is 12.7. The van der Waals surface area contributed by atoms with E-state index in [0.717, 1.165) is 6.42 Å². The van der Waals surface area contributed by atoms with Gasteiger partial charge >= 0.3 is 5.97 Å². The van der Waals surface area contributed by atoms with Gasteiger partial charge in [-0.05, 0) is 17.5 Å². The molecule has 2 aliphatic rings. The van der Waals surface area contributed by atoms with Gasteiger partial charge in [0.25, 0.3) is 0 Å². The molecule has 0 amide bonds. The van der Waals surface area contributed by atoms with Gasteiger partial charge in [-0.1, -0.05) is 43.3 Å². The lowest BCUT2D eigenvalue weighted by Gasteiger charge is -2.18. The maximum atomic E-state index is 12.7. The highest BCUT2D eigenvalue weighted by atomic mass is 32.2. The fraction of sp³-hybridized carbons (Fsp3) is 0.444. The van der Waals surface area contributed by atoms with Gasteiger partial charge in [-0.15, -0.1) is 11.8 Å². The van der Waals surface area contributed by atoms with Crippen LogP contribution in [0.1, 0.15) is 36.8 Å².